The van der Waals surface area contributed by atoms with Crippen LogP contribution >= 0.6 is 15.9 Å². The zero-order valence-electron chi connectivity index (χ0n) is 12.1. The van der Waals surface area contributed by atoms with Crippen LogP contribution in [0, 0.1) is 5.92 Å². The summed E-state index contributed by atoms with van der Waals surface area (Å²) in [4.78, 5) is 0. The molecule has 0 heterocycles. The number of benzene rings is 1. The maximum Gasteiger partial charge on any atom is 0.133 e. The number of hydrogen-bond donors (Lipinski definition) is 1. The van der Waals surface area contributed by atoms with Crippen molar-refractivity contribution in [1.82, 2.24) is 5.32 Å². The van der Waals surface area contributed by atoms with Gasteiger partial charge in [0.15, 0.2) is 0 Å². The molecule has 1 fully saturated rings. The highest BCUT2D eigenvalue weighted by Gasteiger charge is 2.23. The quantitative estimate of drug-likeness (QED) is 0.867. The minimum absolute atomic E-state index is 0.382. The SMILES string of the molecule is COc1ccc(C(C)NC2CCCCC2C)cc1Br. The van der Waals surface area contributed by atoms with Gasteiger partial charge in [-0.15, -0.1) is 0 Å². The normalized spacial score (nSPS) is 25.1. The van der Waals surface area contributed by atoms with E-state index in [1.54, 1.807) is 7.11 Å². The van der Waals surface area contributed by atoms with Gasteiger partial charge in [-0.1, -0.05) is 25.8 Å². The Bertz CT molecular complexity index is 421. The number of methoxy groups -OCH3 is 1. The van der Waals surface area contributed by atoms with Gasteiger partial charge in [-0.3, -0.25) is 0 Å². The first-order valence-electron chi connectivity index (χ1n) is 7.21. The van der Waals surface area contributed by atoms with E-state index in [0.717, 1.165) is 16.1 Å². The van der Waals surface area contributed by atoms with Crippen molar-refractivity contribution in [3.63, 3.8) is 0 Å². The van der Waals surface area contributed by atoms with Gasteiger partial charge < -0.3 is 10.1 Å². The van der Waals surface area contributed by atoms with Gasteiger partial charge in [-0.25, -0.2) is 0 Å². The molecule has 1 aromatic carbocycles. The summed E-state index contributed by atoms with van der Waals surface area (Å²) in [5, 5.41) is 3.79. The highest BCUT2D eigenvalue weighted by molar-refractivity contribution is 9.10. The van der Waals surface area contributed by atoms with Crippen molar-refractivity contribution in [3.8, 4) is 5.75 Å². The van der Waals surface area contributed by atoms with E-state index in [4.69, 9.17) is 4.74 Å². The number of halogens is 1. The Morgan fingerprint density at radius 2 is 2.05 bits per heavy atom. The molecule has 1 N–H and O–H groups in total. The minimum atomic E-state index is 0.382. The Kier molecular flexibility index (Phi) is 5.28. The van der Waals surface area contributed by atoms with Gasteiger partial charge in [-0.2, -0.15) is 0 Å². The van der Waals surface area contributed by atoms with Crippen LogP contribution in [-0.4, -0.2) is 13.2 Å². The predicted octanol–water partition coefficient (Wildman–Crippen LogP) is 4.69. The molecule has 3 atom stereocenters. The number of hydrogen-bond acceptors (Lipinski definition) is 2. The average Bonchev–Trinajstić information content (AvgIpc) is 2.41. The van der Waals surface area contributed by atoms with Crippen LogP contribution in [0.1, 0.15) is 51.1 Å². The highest BCUT2D eigenvalue weighted by atomic mass is 79.9. The van der Waals surface area contributed by atoms with Gasteiger partial charge in [0.1, 0.15) is 5.75 Å². The molecule has 0 bridgehead atoms. The zero-order chi connectivity index (χ0) is 13.8. The Balaban J connectivity index is 2.02. The van der Waals surface area contributed by atoms with Crippen LogP contribution in [0.15, 0.2) is 22.7 Å². The molecule has 0 spiro atoms. The molecule has 2 rings (SSSR count). The van der Waals surface area contributed by atoms with Crippen LogP contribution in [0.2, 0.25) is 0 Å². The molecule has 0 amide bonds. The number of nitrogens with one attached hydrogen (secondary N) is 1. The Labute approximate surface area is 125 Å². The molecule has 19 heavy (non-hydrogen) atoms. The lowest BCUT2D eigenvalue weighted by Gasteiger charge is -2.32. The van der Waals surface area contributed by atoms with Gasteiger partial charge in [0, 0.05) is 12.1 Å². The fourth-order valence-corrected chi connectivity index (χ4v) is 3.49. The maximum atomic E-state index is 5.28. The lowest BCUT2D eigenvalue weighted by Crippen LogP contribution is -2.38. The van der Waals surface area contributed by atoms with Crippen LogP contribution in [0.25, 0.3) is 0 Å². The Morgan fingerprint density at radius 1 is 1.32 bits per heavy atom. The molecule has 1 saturated carbocycles. The smallest absolute Gasteiger partial charge is 0.133 e. The van der Waals surface area contributed by atoms with Crippen molar-refractivity contribution in [2.24, 2.45) is 5.92 Å². The summed E-state index contributed by atoms with van der Waals surface area (Å²) in [5.74, 6) is 1.68. The summed E-state index contributed by atoms with van der Waals surface area (Å²) >= 11 is 3.56. The zero-order valence-corrected chi connectivity index (χ0v) is 13.7. The second kappa shape index (κ2) is 6.76. The van der Waals surface area contributed by atoms with E-state index in [0.29, 0.717) is 12.1 Å². The molecular weight excluding hydrogens is 302 g/mol. The monoisotopic (exact) mass is 325 g/mol. The lowest BCUT2D eigenvalue weighted by molar-refractivity contribution is 0.263. The van der Waals surface area contributed by atoms with E-state index in [-0.39, 0.29) is 0 Å². The van der Waals surface area contributed by atoms with Crippen LogP contribution < -0.4 is 10.1 Å². The van der Waals surface area contributed by atoms with Gasteiger partial charge in [0.05, 0.1) is 11.6 Å². The molecule has 0 aromatic heterocycles. The number of rotatable bonds is 4. The molecule has 0 saturated heterocycles. The van der Waals surface area contributed by atoms with E-state index in [1.807, 2.05) is 6.07 Å². The lowest BCUT2D eigenvalue weighted by atomic mass is 9.85. The standard InChI is InChI=1S/C16H24BrNO/c1-11-6-4-5-7-15(11)18-12(2)13-8-9-16(19-3)14(17)10-13/h8-12,15,18H,4-7H2,1-3H3. The molecule has 1 aliphatic rings. The summed E-state index contributed by atoms with van der Waals surface area (Å²) < 4.78 is 6.31. The second-order valence-corrected chi connectivity index (χ2v) is 6.50. The summed E-state index contributed by atoms with van der Waals surface area (Å²) in [5.41, 5.74) is 1.31. The van der Waals surface area contributed by atoms with Gasteiger partial charge in [0.25, 0.3) is 0 Å². The van der Waals surface area contributed by atoms with E-state index >= 15 is 0 Å². The van der Waals surface area contributed by atoms with Crippen molar-refractivity contribution >= 4 is 15.9 Å². The Morgan fingerprint density at radius 3 is 2.68 bits per heavy atom. The van der Waals surface area contributed by atoms with E-state index in [9.17, 15) is 0 Å². The van der Waals surface area contributed by atoms with Crippen molar-refractivity contribution in [1.29, 1.82) is 0 Å². The van der Waals surface area contributed by atoms with Crippen molar-refractivity contribution in [3.05, 3.63) is 28.2 Å². The Hall–Kier alpha value is -0.540. The van der Waals surface area contributed by atoms with E-state index < -0.39 is 0 Å². The average molecular weight is 326 g/mol. The third kappa shape index (κ3) is 3.73. The topological polar surface area (TPSA) is 21.3 Å². The van der Waals surface area contributed by atoms with Gasteiger partial charge in [-0.05, 0) is 59.3 Å². The third-order valence-corrected chi connectivity index (χ3v) is 4.87. The molecule has 0 aliphatic heterocycles. The van der Waals surface area contributed by atoms with Crippen LogP contribution in [0.5, 0.6) is 5.75 Å². The van der Waals surface area contributed by atoms with Gasteiger partial charge >= 0.3 is 0 Å². The first-order valence-corrected chi connectivity index (χ1v) is 8.00. The summed E-state index contributed by atoms with van der Waals surface area (Å²) in [7, 11) is 1.70. The van der Waals surface area contributed by atoms with Gasteiger partial charge in [0.2, 0.25) is 0 Å². The minimum Gasteiger partial charge on any atom is -0.496 e. The summed E-state index contributed by atoms with van der Waals surface area (Å²) in [6.07, 6.45) is 5.42. The molecule has 1 aromatic rings. The molecule has 2 nitrogen and oxygen atoms in total. The predicted molar refractivity (Wildman–Crippen MR) is 83.7 cm³/mol. The molecule has 0 radical (unpaired) electrons. The van der Waals surface area contributed by atoms with Crippen LogP contribution in [0.3, 0.4) is 0 Å². The van der Waals surface area contributed by atoms with Crippen LogP contribution in [-0.2, 0) is 0 Å². The maximum absolute atomic E-state index is 5.28. The first kappa shape index (κ1) is 14.9. The van der Waals surface area contributed by atoms with E-state index in [2.05, 4.69) is 47.2 Å². The van der Waals surface area contributed by atoms with Crippen molar-refractivity contribution in [2.45, 2.75) is 51.6 Å². The summed E-state index contributed by atoms with van der Waals surface area (Å²) in [6.45, 7) is 4.61. The largest absolute Gasteiger partial charge is 0.496 e. The molecule has 3 unspecified atom stereocenters. The molecule has 106 valence electrons. The van der Waals surface area contributed by atoms with E-state index in [1.165, 1.54) is 31.2 Å². The summed E-state index contributed by atoms with van der Waals surface area (Å²) in [6, 6.07) is 7.37. The molecule has 3 heteroatoms. The molecule has 1 aliphatic carbocycles. The fourth-order valence-electron chi connectivity index (χ4n) is 2.93. The molecular formula is C16H24BrNO. The second-order valence-electron chi connectivity index (χ2n) is 5.65. The number of ether oxygens (including phenoxy) is 1. The fraction of sp³-hybridized carbons (Fsp3) is 0.625. The van der Waals surface area contributed by atoms with Crippen LogP contribution in [0.4, 0.5) is 0 Å². The first-order chi connectivity index (χ1) is 9.11. The van der Waals surface area contributed by atoms with Crippen molar-refractivity contribution in [2.75, 3.05) is 7.11 Å². The van der Waals surface area contributed by atoms with Crippen molar-refractivity contribution < 1.29 is 4.74 Å². The third-order valence-electron chi connectivity index (χ3n) is 4.25. The highest BCUT2D eigenvalue weighted by Crippen LogP contribution is 2.30.